The van der Waals surface area contributed by atoms with Crippen molar-refractivity contribution in [2.45, 2.75) is 77.7 Å². The monoisotopic (exact) mass is 269 g/mol. The first kappa shape index (κ1) is 16.5. The van der Waals surface area contributed by atoms with E-state index >= 15 is 0 Å². The summed E-state index contributed by atoms with van der Waals surface area (Å²) in [5.74, 6) is 0.0141. The Morgan fingerprint density at radius 2 is 1.79 bits per heavy atom. The summed E-state index contributed by atoms with van der Waals surface area (Å²) >= 11 is 0. The van der Waals surface area contributed by atoms with E-state index in [4.69, 9.17) is 4.74 Å². The average Bonchev–Trinajstić information content (AvgIpc) is 2.46. The number of esters is 1. The van der Waals surface area contributed by atoms with Crippen LogP contribution in [0.3, 0.4) is 0 Å². The Balaban J connectivity index is 2.43. The normalized spacial score (nSPS) is 18.2. The van der Waals surface area contributed by atoms with E-state index < -0.39 is 0 Å². The molecule has 112 valence electrons. The second kappa shape index (κ2) is 10.2. The van der Waals surface area contributed by atoms with Crippen molar-refractivity contribution in [3.63, 3.8) is 0 Å². The van der Waals surface area contributed by atoms with Crippen molar-refractivity contribution in [1.29, 1.82) is 0 Å². The second-order valence-electron chi connectivity index (χ2n) is 5.63. The van der Waals surface area contributed by atoms with Crippen LogP contribution in [0.1, 0.15) is 71.6 Å². The van der Waals surface area contributed by atoms with Crippen LogP contribution < -0.4 is 0 Å². The summed E-state index contributed by atoms with van der Waals surface area (Å²) in [6, 6.07) is 0.0173. The third-order valence-corrected chi connectivity index (χ3v) is 3.88. The van der Waals surface area contributed by atoms with Crippen LogP contribution in [-0.2, 0) is 9.53 Å². The van der Waals surface area contributed by atoms with Crippen LogP contribution in [0, 0.1) is 0 Å². The molecular formula is C16H31NO2. The van der Waals surface area contributed by atoms with E-state index in [1.165, 1.54) is 38.5 Å². The van der Waals surface area contributed by atoms with Gasteiger partial charge in [0.25, 0.3) is 0 Å². The van der Waals surface area contributed by atoms with Crippen LogP contribution in [0.15, 0.2) is 0 Å². The maximum absolute atomic E-state index is 12.2. The SMILES string of the molecule is CCCCCC[C@H](C(=O)OCCC)N1CCCCC1. The molecule has 0 amide bonds. The number of piperidine rings is 1. The lowest BCUT2D eigenvalue weighted by Crippen LogP contribution is -2.45. The Bertz CT molecular complexity index is 237. The van der Waals surface area contributed by atoms with E-state index in [1.54, 1.807) is 0 Å². The van der Waals surface area contributed by atoms with Gasteiger partial charge in [-0.1, -0.05) is 46.0 Å². The van der Waals surface area contributed by atoms with E-state index in [-0.39, 0.29) is 12.0 Å². The quantitative estimate of drug-likeness (QED) is 0.471. The van der Waals surface area contributed by atoms with Crippen LogP contribution >= 0.6 is 0 Å². The van der Waals surface area contributed by atoms with E-state index in [2.05, 4.69) is 11.8 Å². The second-order valence-corrected chi connectivity index (χ2v) is 5.63. The van der Waals surface area contributed by atoms with Crippen molar-refractivity contribution < 1.29 is 9.53 Å². The molecule has 0 unspecified atom stereocenters. The zero-order chi connectivity index (χ0) is 13.9. The molecule has 0 radical (unpaired) electrons. The number of ether oxygens (including phenoxy) is 1. The Kier molecular flexibility index (Phi) is 8.89. The van der Waals surface area contributed by atoms with Crippen LogP contribution in [0.25, 0.3) is 0 Å². The summed E-state index contributed by atoms with van der Waals surface area (Å²) in [6.07, 6.45) is 10.6. The largest absolute Gasteiger partial charge is 0.465 e. The molecule has 0 aromatic heterocycles. The molecule has 0 N–H and O–H groups in total. The molecule has 0 aromatic carbocycles. The fourth-order valence-electron chi connectivity index (χ4n) is 2.74. The molecule has 0 saturated carbocycles. The number of carbonyl (C=O) groups is 1. The van der Waals surface area contributed by atoms with E-state index in [1.807, 2.05) is 6.92 Å². The summed E-state index contributed by atoms with van der Waals surface area (Å²) in [5.41, 5.74) is 0. The average molecular weight is 269 g/mol. The van der Waals surface area contributed by atoms with Gasteiger partial charge in [0, 0.05) is 0 Å². The predicted molar refractivity (Wildman–Crippen MR) is 79.2 cm³/mol. The van der Waals surface area contributed by atoms with Crippen molar-refractivity contribution >= 4 is 5.97 Å². The maximum Gasteiger partial charge on any atom is 0.323 e. The summed E-state index contributed by atoms with van der Waals surface area (Å²) in [5, 5.41) is 0. The number of unbranched alkanes of at least 4 members (excludes halogenated alkanes) is 3. The first-order valence-corrected chi connectivity index (χ1v) is 8.20. The molecule has 1 aliphatic rings. The maximum atomic E-state index is 12.2. The fourth-order valence-corrected chi connectivity index (χ4v) is 2.74. The summed E-state index contributed by atoms with van der Waals surface area (Å²) in [4.78, 5) is 14.6. The lowest BCUT2D eigenvalue weighted by atomic mass is 10.0. The molecule has 1 aliphatic heterocycles. The molecule has 0 bridgehead atoms. The predicted octanol–water partition coefficient (Wildman–Crippen LogP) is 3.76. The van der Waals surface area contributed by atoms with Gasteiger partial charge in [-0.25, -0.2) is 0 Å². The van der Waals surface area contributed by atoms with E-state index in [9.17, 15) is 4.79 Å². The van der Waals surface area contributed by atoms with Gasteiger partial charge in [-0.3, -0.25) is 9.69 Å². The van der Waals surface area contributed by atoms with Gasteiger partial charge in [-0.2, -0.15) is 0 Å². The van der Waals surface area contributed by atoms with Crippen LogP contribution in [0.5, 0.6) is 0 Å². The van der Waals surface area contributed by atoms with Gasteiger partial charge in [-0.05, 0) is 38.8 Å². The topological polar surface area (TPSA) is 29.5 Å². The standard InChI is InChI=1S/C16H31NO2/c1-3-5-6-8-11-15(16(18)19-14-4-2)17-12-9-7-10-13-17/h15H,3-14H2,1-2H3/t15-/m1/s1. The molecule has 0 aromatic rings. The highest BCUT2D eigenvalue weighted by Crippen LogP contribution is 2.18. The number of hydrogen-bond acceptors (Lipinski definition) is 3. The molecule has 1 heterocycles. The summed E-state index contributed by atoms with van der Waals surface area (Å²) < 4.78 is 5.38. The van der Waals surface area contributed by atoms with E-state index in [0.717, 1.165) is 32.4 Å². The highest BCUT2D eigenvalue weighted by molar-refractivity contribution is 5.75. The third kappa shape index (κ3) is 6.42. The molecule has 3 nitrogen and oxygen atoms in total. The van der Waals surface area contributed by atoms with Gasteiger partial charge in [0.15, 0.2) is 0 Å². The lowest BCUT2D eigenvalue weighted by molar-refractivity contribution is -0.150. The number of rotatable bonds is 9. The molecule has 1 atom stereocenters. The smallest absolute Gasteiger partial charge is 0.323 e. The number of carbonyl (C=O) groups excluding carboxylic acids is 1. The molecular weight excluding hydrogens is 238 g/mol. The molecule has 0 aliphatic carbocycles. The Morgan fingerprint density at radius 1 is 1.05 bits per heavy atom. The summed E-state index contributed by atoms with van der Waals surface area (Å²) in [6.45, 7) is 6.97. The minimum atomic E-state index is 0.0141. The van der Waals surface area contributed by atoms with Crippen molar-refractivity contribution in [1.82, 2.24) is 4.90 Å². The Labute approximate surface area is 118 Å². The van der Waals surface area contributed by atoms with Gasteiger partial charge in [0.05, 0.1) is 6.61 Å². The van der Waals surface area contributed by atoms with Crippen LogP contribution in [0.2, 0.25) is 0 Å². The minimum absolute atomic E-state index is 0.0141. The van der Waals surface area contributed by atoms with Crippen molar-refractivity contribution in [2.24, 2.45) is 0 Å². The van der Waals surface area contributed by atoms with Gasteiger partial charge in [-0.15, -0.1) is 0 Å². The molecule has 1 saturated heterocycles. The fraction of sp³-hybridized carbons (Fsp3) is 0.938. The lowest BCUT2D eigenvalue weighted by Gasteiger charge is -2.33. The highest BCUT2D eigenvalue weighted by Gasteiger charge is 2.27. The van der Waals surface area contributed by atoms with Gasteiger partial charge < -0.3 is 4.74 Å². The first-order chi connectivity index (χ1) is 9.29. The van der Waals surface area contributed by atoms with Crippen LogP contribution in [-0.4, -0.2) is 36.6 Å². The zero-order valence-corrected chi connectivity index (χ0v) is 12.8. The molecule has 1 rings (SSSR count). The Hall–Kier alpha value is -0.570. The molecule has 0 spiro atoms. The van der Waals surface area contributed by atoms with Gasteiger partial charge in [0.2, 0.25) is 0 Å². The molecule has 19 heavy (non-hydrogen) atoms. The summed E-state index contributed by atoms with van der Waals surface area (Å²) in [7, 11) is 0. The molecule has 3 heteroatoms. The zero-order valence-electron chi connectivity index (χ0n) is 12.8. The first-order valence-electron chi connectivity index (χ1n) is 8.20. The Morgan fingerprint density at radius 3 is 2.42 bits per heavy atom. The van der Waals surface area contributed by atoms with Crippen molar-refractivity contribution in [2.75, 3.05) is 19.7 Å². The van der Waals surface area contributed by atoms with Crippen molar-refractivity contribution in [3.8, 4) is 0 Å². The van der Waals surface area contributed by atoms with Gasteiger partial charge >= 0.3 is 5.97 Å². The van der Waals surface area contributed by atoms with Gasteiger partial charge in [0.1, 0.15) is 6.04 Å². The number of likely N-dealkylation sites (tertiary alicyclic amines) is 1. The van der Waals surface area contributed by atoms with Crippen molar-refractivity contribution in [3.05, 3.63) is 0 Å². The van der Waals surface area contributed by atoms with E-state index in [0.29, 0.717) is 6.61 Å². The third-order valence-electron chi connectivity index (χ3n) is 3.88. The highest BCUT2D eigenvalue weighted by atomic mass is 16.5. The number of nitrogens with zero attached hydrogens (tertiary/aromatic N) is 1. The van der Waals surface area contributed by atoms with Crippen LogP contribution in [0.4, 0.5) is 0 Å². The minimum Gasteiger partial charge on any atom is -0.465 e. The molecule has 1 fully saturated rings. The number of hydrogen-bond donors (Lipinski definition) is 0.